The highest BCUT2D eigenvalue weighted by molar-refractivity contribution is 14.1. The molecular weight excluding hydrogens is 369 g/mol. The van der Waals surface area contributed by atoms with Crippen molar-refractivity contribution in [1.29, 1.82) is 0 Å². The summed E-state index contributed by atoms with van der Waals surface area (Å²) >= 11 is 1.66. The van der Waals surface area contributed by atoms with Gasteiger partial charge in [0.2, 0.25) is 0 Å². The van der Waals surface area contributed by atoms with Crippen LogP contribution in [0.5, 0.6) is 0 Å². The Morgan fingerprint density at radius 3 is 2.63 bits per heavy atom. The fraction of sp³-hybridized carbons (Fsp3) is 0.231. The van der Waals surface area contributed by atoms with E-state index in [-0.39, 0.29) is 15.8 Å². The van der Waals surface area contributed by atoms with Crippen molar-refractivity contribution in [3.8, 4) is 0 Å². The zero-order valence-corrected chi connectivity index (χ0v) is 12.2. The van der Waals surface area contributed by atoms with Crippen molar-refractivity contribution < 1.29 is 23.1 Å². The van der Waals surface area contributed by atoms with Gasteiger partial charge in [-0.1, -0.05) is 24.3 Å². The molecule has 0 atom stereocenters. The van der Waals surface area contributed by atoms with E-state index in [4.69, 9.17) is 0 Å². The first-order chi connectivity index (χ1) is 8.92. The van der Waals surface area contributed by atoms with Gasteiger partial charge in [-0.2, -0.15) is 8.78 Å². The molecule has 6 heteroatoms. The smallest absolute Gasteiger partial charge is 0.381 e. The first-order valence-electron chi connectivity index (χ1n) is 5.40. The quantitative estimate of drug-likeness (QED) is 0.447. The average Bonchev–Trinajstić information content (AvgIpc) is 2.38. The van der Waals surface area contributed by atoms with E-state index >= 15 is 0 Å². The van der Waals surface area contributed by atoms with Gasteiger partial charge in [0, 0.05) is 15.2 Å². The van der Waals surface area contributed by atoms with Crippen LogP contribution in [0.3, 0.4) is 0 Å². The van der Waals surface area contributed by atoms with E-state index in [9.17, 15) is 18.4 Å². The number of rotatable bonds is 5. The van der Waals surface area contributed by atoms with Gasteiger partial charge < -0.3 is 4.74 Å². The van der Waals surface area contributed by atoms with E-state index in [1.165, 1.54) is 19.1 Å². The monoisotopic (exact) mass is 380 g/mol. The molecule has 0 N–H and O–H groups in total. The molecule has 1 aromatic carbocycles. The van der Waals surface area contributed by atoms with Crippen molar-refractivity contribution in [2.45, 2.75) is 12.8 Å². The Morgan fingerprint density at radius 1 is 1.42 bits per heavy atom. The van der Waals surface area contributed by atoms with Gasteiger partial charge in [-0.05, 0) is 35.1 Å². The maximum atomic E-state index is 13.5. The first kappa shape index (κ1) is 15.7. The van der Waals surface area contributed by atoms with Gasteiger partial charge >= 0.3 is 11.9 Å². The summed E-state index contributed by atoms with van der Waals surface area (Å²) in [5.41, 5.74) is 0.630. The number of halogens is 3. The van der Waals surface area contributed by atoms with Gasteiger partial charge in [0.1, 0.15) is 0 Å². The van der Waals surface area contributed by atoms with Crippen LogP contribution >= 0.6 is 22.6 Å². The van der Waals surface area contributed by atoms with Crippen molar-refractivity contribution in [3.63, 3.8) is 0 Å². The number of ether oxygens (including phenoxy) is 1. The van der Waals surface area contributed by atoms with Crippen LogP contribution < -0.4 is 0 Å². The standard InChI is InChI=1S/C13H11F2IO3/c1-2-19-12(18)13(14,15)7-11(16)10-6-4-3-5-9(10)8-17/h3-8H,2H2,1H3/b11-7+. The Hall–Kier alpha value is -1.31. The summed E-state index contributed by atoms with van der Waals surface area (Å²) in [5.74, 6) is -5.32. The first-order valence-corrected chi connectivity index (χ1v) is 6.48. The summed E-state index contributed by atoms with van der Waals surface area (Å²) < 4.78 is 31.5. The van der Waals surface area contributed by atoms with Gasteiger partial charge in [-0.25, -0.2) is 4.79 Å². The maximum absolute atomic E-state index is 13.5. The molecule has 0 saturated heterocycles. The normalized spacial score (nSPS) is 12.1. The highest BCUT2D eigenvalue weighted by Crippen LogP contribution is 2.30. The number of benzene rings is 1. The number of carbonyl (C=O) groups is 2. The molecule has 0 amide bonds. The van der Waals surface area contributed by atoms with E-state index in [0.29, 0.717) is 17.9 Å². The van der Waals surface area contributed by atoms with E-state index in [1.54, 1.807) is 34.7 Å². The zero-order valence-electron chi connectivity index (χ0n) is 10.0. The van der Waals surface area contributed by atoms with E-state index in [1.807, 2.05) is 0 Å². The Bertz CT molecular complexity index is 512. The van der Waals surface area contributed by atoms with Gasteiger partial charge in [0.15, 0.2) is 6.29 Å². The third-order valence-electron chi connectivity index (χ3n) is 2.20. The lowest BCUT2D eigenvalue weighted by atomic mass is 10.1. The molecule has 0 aliphatic rings. The van der Waals surface area contributed by atoms with Crippen molar-refractivity contribution in [1.82, 2.24) is 0 Å². The number of carbonyl (C=O) groups excluding carboxylic acids is 2. The number of hydrogen-bond donors (Lipinski definition) is 0. The predicted octanol–water partition coefficient (Wildman–Crippen LogP) is 3.47. The Kier molecular flexibility index (Phi) is 5.59. The molecule has 1 aromatic rings. The Balaban J connectivity index is 3.10. The van der Waals surface area contributed by atoms with Crippen molar-refractivity contribution in [2.24, 2.45) is 0 Å². The van der Waals surface area contributed by atoms with E-state index in [2.05, 4.69) is 4.74 Å². The molecule has 0 aliphatic carbocycles. The summed E-state index contributed by atoms with van der Waals surface area (Å²) in [6.45, 7) is 1.33. The van der Waals surface area contributed by atoms with Crippen molar-refractivity contribution >= 4 is 38.4 Å². The Labute approximate surface area is 122 Å². The summed E-state index contributed by atoms with van der Waals surface area (Å²) in [7, 11) is 0. The number of aldehydes is 1. The molecule has 0 spiro atoms. The molecule has 0 heterocycles. The summed E-state index contributed by atoms with van der Waals surface area (Å²) in [5, 5.41) is 0. The molecule has 0 unspecified atom stereocenters. The van der Waals surface area contributed by atoms with Crippen LogP contribution in [-0.2, 0) is 9.53 Å². The summed E-state index contributed by atoms with van der Waals surface area (Å²) in [6, 6.07) is 6.29. The number of esters is 1. The minimum absolute atomic E-state index is 0.110. The molecule has 1 rings (SSSR count). The molecule has 3 nitrogen and oxygen atoms in total. The second-order valence-electron chi connectivity index (χ2n) is 3.54. The summed E-state index contributed by atoms with van der Waals surface area (Å²) in [4.78, 5) is 21.9. The van der Waals surface area contributed by atoms with Gasteiger partial charge in [-0.15, -0.1) is 0 Å². The average molecular weight is 380 g/mol. The molecule has 0 aromatic heterocycles. The van der Waals surface area contributed by atoms with E-state index < -0.39 is 11.9 Å². The molecule has 0 radical (unpaired) electrons. The highest BCUT2D eigenvalue weighted by Gasteiger charge is 2.38. The molecular formula is C13H11F2IO3. The van der Waals surface area contributed by atoms with Crippen molar-refractivity contribution in [2.75, 3.05) is 6.61 Å². The van der Waals surface area contributed by atoms with Crippen LogP contribution in [0.4, 0.5) is 8.78 Å². The second kappa shape index (κ2) is 6.74. The third-order valence-corrected chi connectivity index (χ3v) is 3.09. The van der Waals surface area contributed by atoms with Crippen LogP contribution in [0.2, 0.25) is 0 Å². The topological polar surface area (TPSA) is 43.4 Å². The number of hydrogen-bond acceptors (Lipinski definition) is 3. The van der Waals surface area contributed by atoms with Crippen LogP contribution in [0.1, 0.15) is 22.8 Å². The van der Waals surface area contributed by atoms with Crippen molar-refractivity contribution in [3.05, 3.63) is 41.5 Å². The van der Waals surface area contributed by atoms with Gasteiger partial charge in [0.25, 0.3) is 0 Å². The SMILES string of the molecule is CCOC(=O)C(F)(F)/C=C(/I)c1ccccc1C=O. The molecule has 0 bridgehead atoms. The minimum Gasteiger partial charge on any atom is -0.461 e. The lowest BCUT2D eigenvalue weighted by Gasteiger charge is -2.12. The Morgan fingerprint density at radius 2 is 2.05 bits per heavy atom. The predicted molar refractivity (Wildman–Crippen MR) is 75.4 cm³/mol. The van der Waals surface area contributed by atoms with Crippen LogP contribution in [-0.4, -0.2) is 24.8 Å². The molecule has 0 fully saturated rings. The maximum Gasteiger partial charge on any atom is 0.381 e. The summed E-state index contributed by atoms with van der Waals surface area (Å²) in [6.07, 6.45) is 1.07. The molecule has 102 valence electrons. The second-order valence-corrected chi connectivity index (χ2v) is 4.70. The third kappa shape index (κ3) is 4.09. The largest absolute Gasteiger partial charge is 0.461 e. The lowest BCUT2D eigenvalue weighted by molar-refractivity contribution is -0.164. The lowest BCUT2D eigenvalue weighted by Crippen LogP contribution is -2.28. The van der Waals surface area contributed by atoms with E-state index in [0.717, 1.165) is 0 Å². The van der Waals surface area contributed by atoms with Crippen LogP contribution in [0.25, 0.3) is 3.58 Å². The highest BCUT2D eigenvalue weighted by atomic mass is 127. The van der Waals surface area contributed by atoms with Gasteiger partial charge in [0.05, 0.1) is 6.61 Å². The van der Waals surface area contributed by atoms with Crippen LogP contribution in [0, 0.1) is 0 Å². The zero-order chi connectivity index (χ0) is 14.5. The fourth-order valence-corrected chi connectivity index (χ4v) is 2.22. The molecule has 19 heavy (non-hydrogen) atoms. The van der Waals surface area contributed by atoms with Crippen LogP contribution in [0.15, 0.2) is 30.3 Å². The minimum atomic E-state index is -3.72. The molecule has 0 aliphatic heterocycles. The fourth-order valence-electron chi connectivity index (χ4n) is 1.34. The van der Waals surface area contributed by atoms with Gasteiger partial charge in [-0.3, -0.25) is 4.79 Å². The molecule has 0 saturated carbocycles. The number of alkyl halides is 2.